The van der Waals surface area contributed by atoms with Crippen LogP contribution in [0.4, 0.5) is 0 Å². The first-order valence-electron chi connectivity index (χ1n) is 8.14. The Labute approximate surface area is 161 Å². The van der Waals surface area contributed by atoms with Crippen LogP contribution in [-0.4, -0.2) is 37.6 Å². The summed E-state index contributed by atoms with van der Waals surface area (Å²) < 4.78 is 34.8. The van der Waals surface area contributed by atoms with Gasteiger partial charge >= 0.3 is 5.97 Å². The highest BCUT2D eigenvalue weighted by atomic mass is 32.2. The van der Waals surface area contributed by atoms with Crippen LogP contribution in [0, 0.1) is 5.41 Å². The Morgan fingerprint density at radius 3 is 2.32 bits per heavy atom. The summed E-state index contributed by atoms with van der Waals surface area (Å²) in [5, 5.41) is 17.3. The van der Waals surface area contributed by atoms with E-state index in [1.54, 1.807) is 18.2 Å². The fourth-order valence-electron chi connectivity index (χ4n) is 2.42. The number of carbonyl (C=O) groups excluding carboxylic acids is 2. The number of nitrogens with one attached hydrogen (secondary N) is 1. The van der Waals surface area contributed by atoms with E-state index < -0.39 is 39.7 Å². The Bertz CT molecular complexity index is 1020. The molecule has 0 bridgehead atoms. The van der Waals surface area contributed by atoms with Crippen molar-refractivity contribution >= 4 is 27.3 Å². The molecule has 8 nitrogen and oxygen atoms in total. The summed E-state index contributed by atoms with van der Waals surface area (Å²) in [6, 6.07) is 10.4. The molecule has 2 aromatic rings. The molecule has 2 N–H and O–H groups in total. The molecule has 1 heterocycles. The lowest BCUT2D eigenvalue weighted by Gasteiger charge is -2.07. The molecule has 0 fully saturated rings. The van der Waals surface area contributed by atoms with Gasteiger partial charge in [0.1, 0.15) is 23.9 Å². The average Bonchev–Trinajstić information content (AvgIpc) is 3.07. The van der Waals surface area contributed by atoms with E-state index in [0.717, 1.165) is 0 Å². The van der Waals surface area contributed by atoms with E-state index >= 15 is 0 Å². The number of carbonyl (C=O) groups is 2. The summed E-state index contributed by atoms with van der Waals surface area (Å²) in [5.41, 5.74) is -0.394. The minimum Gasteiger partial charge on any atom is -0.508 e. The normalized spacial score (nSPS) is 12.2. The lowest BCUT2D eigenvalue weighted by Crippen LogP contribution is -2.14. The molecule has 0 aliphatic carbocycles. The molecule has 0 aliphatic rings. The molecule has 0 amide bonds. The number of aliphatic hydroxyl groups is 1. The first-order valence-corrected chi connectivity index (χ1v) is 9.79. The van der Waals surface area contributed by atoms with Gasteiger partial charge in [0.15, 0.2) is 15.6 Å². The zero-order valence-corrected chi connectivity index (χ0v) is 16.1. The van der Waals surface area contributed by atoms with Gasteiger partial charge < -0.3 is 19.7 Å². The van der Waals surface area contributed by atoms with Gasteiger partial charge in [-0.1, -0.05) is 18.2 Å². The molecule has 28 heavy (non-hydrogen) atoms. The fraction of sp³-hybridized carbons (Fsp3) is 0.211. The summed E-state index contributed by atoms with van der Waals surface area (Å²) >= 11 is 0. The molecule has 0 unspecified atom stereocenters. The zero-order valence-electron chi connectivity index (χ0n) is 15.3. The van der Waals surface area contributed by atoms with E-state index in [1.807, 2.05) is 0 Å². The average molecular weight is 405 g/mol. The highest BCUT2D eigenvalue weighted by Crippen LogP contribution is 2.18. The largest absolute Gasteiger partial charge is 0.508 e. The number of hydrogen-bond acceptors (Lipinski definition) is 8. The summed E-state index contributed by atoms with van der Waals surface area (Å²) in [6.07, 6.45) is 0. The van der Waals surface area contributed by atoms with E-state index in [-0.39, 0.29) is 27.7 Å². The number of hydrogen-bond donors (Lipinski definition) is 2. The van der Waals surface area contributed by atoms with Gasteiger partial charge in [0.05, 0.1) is 10.5 Å². The third kappa shape index (κ3) is 5.17. The summed E-state index contributed by atoms with van der Waals surface area (Å²) in [5.74, 6) is -2.66. The van der Waals surface area contributed by atoms with Gasteiger partial charge in [-0.25, -0.2) is 13.2 Å². The molecule has 0 atom stereocenters. The van der Waals surface area contributed by atoms with Crippen molar-refractivity contribution in [2.24, 2.45) is 0 Å². The van der Waals surface area contributed by atoms with Crippen molar-refractivity contribution in [2.45, 2.75) is 24.5 Å². The van der Waals surface area contributed by atoms with Crippen LogP contribution in [0.1, 0.15) is 30.2 Å². The van der Waals surface area contributed by atoms with E-state index in [2.05, 4.69) is 0 Å². The maximum absolute atomic E-state index is 12.3. The van der Waals surface area contributed by atoms with Gasteiger partial charge in [0, 0.05) is 5.71 Å². The topological polar surface area (TPSA) is 135 Å². The molecule has 0 radical (unpaired) electrons. The molecular weight excluding hydrogens is 386 g/mol. The number of benzene rings is 1. The number of ether oxygens (including phenoxy) is 1. The lowest BCUT2D eigenvalue weighted by atomic mass is 10.1. The Morgan fingerprint density at radius 2 is 1.75 bits per heavy atom. The monoisotopic (exact) mass is 405 g/mol. The fourth-order valence-corrected chi connectivity index (χ4v) is 3.69. The Hall–Kier alpha value is -3.20. The summed E-state index contributed by atoms with van der Waals surface area (Å²) in [6.45, 7) is 1.88. The van der Waals surface area contributed by atoms with Gasteiger partial charge in [0.2, 0.25) is 5.76 Å². The second kappa shape index (κ2) is 8.66. The molecular formula is C19H19NO7S. The van der Waals surface area contributed by atoms with Crippen LogP contribution in [0.25, 0.3) is 0 Å². The second-order valence-electron chi connectivity index (χ2n) is 5.92. The molecule has 0 saturated heterocycles. The van der Waals surface area contributed by atoms with E-state index in [9.17, 15) is 23.1 Å². The molecule has 1 aromatic heterocycles. The van der Waals surface area contributed by atoms with Gasteiger partial charge in [-0.2, -0.15) is 0 Å². The number of sulfone groups is 1. The maximum Gasteiger partial charge on any atom is 0.374 e. The lowest BCUT2D eigenvalue weighted by molar-refractivity contribution is -0.113. The predicted molar refractivity (Wildman–Crippen MR) is 100 cm³/mol. The van der Waals surface area contributed by atoms with Crippen molar-refractivity contribution in [3.05, 3.63) is 65.3 Å². The van der Waals surface area contributed by atoms with E-state index in [1.165, 1.54) is 38.1 Å². The van der Waals surface area contributed by atoms with Crippen LogP contribution in [0.5, 0.6) is 0 Å². The van der Waals surface area contributed by atoms with Crippen molar-refractivity contribution in [1.82, 2.24) is 0 Å². The maximum atomic E-state index is 12.3. The van der Waals surface area contributed by atoms with Crippen LogP contribution in [0.15, 0.2) is 63.1 Å². The summed E-state index contributed by atoms with van der Waals surface area (Å²) in [4.78, 5) is 23.6. The SMILES string of the molecule is CC(=N)/C(C(C)=O)=C(/O)COC(=O)c1ccc(CS(=O)(=O)c2ccccc2)o1. The molecule has 148 valence electrons. The first-order chi connectivity index (χ1) is 13.1. The summed E-state index contributed by atoms with van der Waals surface area (Å²) in [7, 11) is -3.64. The van der Waals surface area contributed by atoms with Gasteiger partial charge in [-0.3, -0.25) is 4.79 Å². The first kappa shape index (κ1) is 21.1. The van der Waals surface area contributed by atoms with Crippen LogP contribution >= 0.6 is 0 Å². The van der Waals surface area contributed by atoms with Crippen molar-refractivity contribution in [3.8, 4) is 0 Å². The van der Waals surface area contributed by atoms with Gasteiger partial charge in [-0.05, 0) is 38.1 Å². The highest BCUT2D eigenvalue weighted by Gasteiger charge is 2.21. The highest BCUT2D eigenvalue weighted by molar-refractivity contribution is 7.90. The van der Waals surface area contributed by atoms with Crippen LogP contribution in [-0.2, 0) is 25.1 Å². The molecule has 0 aliphatic heterocycles. The minimum absolute atomic E-state index is 0.0512. The molecule has 0 saturated carbocycles. The Balaban J connectivity index is 2.08. The molecule has 1 aromatic carbocycles. The standard InChI is InChI=1S/C19H19NO7S/c1-12(20)18(13(2)21)16(22)10-26-19(23)17-9-8-14(27-17)11-28(24,25)15-6-4-3-5-7-15/h3-9,20,22H,10-11H2,1-2H3/b18-16-,20-12?. The van der Waals surface area contributed by atoms with Crippen LogP contribution < -0.4 is 0 Å². The number of esters is 1. The van der Waals surface area contributed by atoms with E-state index in [0.29, 0.717) is 0 Å². The van der Waals surface area contributed by atoms with Crippen molar-refractivity contribution in [1.29, 1.82) is 5.41 Å². The number of ketones is 1. The number of aliphatic hydroxyl groups excluding tert-OH is 1. The number of allylic oxidation sites excluding steroid dienone is 1. The Morgan fingerprint density at radius 1 is 1.11 bits per heavy atom. The molecule has 9 heteroatoms. The van der Waals surface area contributed by atoms with E-state index in [4.69, 9.17) is 14.6 Å². The smallest absolute Gasteiger partial charge is 0.374 e. The minimum atomic E-state index is -3.64. The zero-order chi connectivity index (χ0) is 20.9. The van der Waals surface area contributed by atoms with Gasteiger partial charge in [0.25, 0.3) is 0 Å². The van der Waals surface area contributed by atoms with Crippen molar-refractivity contribution < 1.29 is 32.3 Å². The molecule has 0 spiro atoms. The number of Topliss-reactive ketones (excluding diaryl/α,β-unsaturated/α-hetero) is 1. The third-order valence-corrected chi connectivity index (χ3v) is 5.31. The molecule has 2 rings (SSSR count). The quantitative estimate of drug-likeness (QED) is 0.298. The number of rotatable bonds is 8. The van der Waals surface area contributed by atoms with Crippen LogP contribution in [0.3, 0.4) is 0 Å². The predicted octanol–water partition coefficient (Wildman–Crippen LogP) is 2.85. The second-order valence-corrected chi connectivity index (χ2v) is 7.91. The van der Waals surface area contributed by atoms with Crippen molar-refractivity contribution in [2.75, 3.05) is 6.61 Å². The van der Waals surface area contributed by atoms with Gasteiger partial charge in [-0.15, -0.1) is 0 Å². The third-order valence-electron chi connectivity index (χ3n) is 3.65. The number of furan rings is 1. The van der Waals surface area contributed by atoms with Crippen molar-refractivity contribution in [3.63, 3.8) is 0 Å². The Kier molecular flexibility index (Phi) is 6.53. The van der Waals surface area contributed by atoms with Crippen LogP contribution in [0.2, 0.25) is 0 Å².